The third-order valence-corrected chi connectivity index (χ3v) is 5.37. The van der Waals surface area contributed by atoms with Crippen molar-refractivity contribution in [3.05, 3.63) is 78.5 Å². The minimum atomic E-state index is -0.129. The number of carbonyl (C=O) groups is 1. The van der Waals surface area contributed by atoms with Crippen LogP contribution in [0.2, 0.25) is 0 Å². The van der Waals surface area contributed by atoms with Crippen LogP contribution in [0, 0.1) is 0 Å². The Morgan fingerprint density at radius 3 is 3.10 bits per heavy atom. The van der Waals surface area contributed by atoms with Crippen molar-refractivity contribution in [2.24, 2.45) is 0 Å². The normalized spacial score (nSPS) is 16.0. The number of amides is 1. The van der Waals surface area contributed by atoms with Gasteiger partial charge in [-0.3, -0.25) is 9.78 Å². The van der Waals surface area contributed by atoms with E-state index in [-0.39, 0.29) is 18.6 Å². The van der Waals surface area contributed by atoms with Crippen molar-refractivity contribution in [3.63, 3.8) is 0 Å². The number of fused-ring (bicyclic) bond motifs is 2. The topological polar surface area (TPSA) is 73.4 Å². The molecule has 146 valence electrons. The van der Waals surface area contributed by atoms with Gasteiger partial charge in [0.25, 0.3) is 5.91 Å². The zero-order chi connectivity index (χ0) is 19.8. The summed E-state index contributed by atoms with van der Waals surface area (Å²) in [5, 5.41) is 1.97. The molecule has 1 amide bonds. The van der Waals surface area contributed by atoms with Crippen LogP contribution < -0.4 is 4.74 Å². The number of pyridine rings is 1. The Bertz CT molecular complexity index is 1170. The molecule has 0 bridgehead atoms. The molecule has 1 aliphatic heterocycles. The van der Waals surface area contributed by atoms with Gasteiger partial charge in [0, 0.05) is 48.1 Å². The lowest BCUT2D eigenvalue weighted by Crippen LogP contribution is -2.40. The summed E-state index contributed by atoms with van der Waals surface area (Å²) in [6.45, 7) is 3.60. The lowest BCUT2D eigenvalue weighted by Gasteiger charge is -2.34. The average Bonchev–Trinajstić information content (AvgIpc) is 3.42. The smallest absolute Gasteiger partial charge is 0.276 e. The molecule has 1 aromatic carbocycles. The molecule has 0 saturated carbocycles. The first-order chi connectivity index (χ1) is 14.2. The summed E-state index contributed by atoms with van der Waals surface area (Å²) in [7, 11) is 0. The molecule has 0 spiro atoms. The number of oxazole rings is 1. The molecule has 0 saturated heterocycles. The fourth-order valence-corrected chi connectivity index (χ4v) is 3.84. The number of hydrogen-bond donors (Lipinski definition) is 0. The van der Waals surface area contributed by atoms with Gasteiger partial charge < -0.3 is 18.6 Å². The van der Waals surface area contributed by atoms with E-state index in [4.69, 9.17) is 9.15 Å². The van der Waals surface area contributed by atoms with Gasteiger partial charge in [-0.05, 0) is 31.2 Å². The largest absolute Gasteiger partial charge is 0.483 e. The molecule has 0 N–H and O–H groups in total. The second-order valence-corrected chi connectivity index (χ2v) is 7.07. The summed E-state index contributed by atoms with van der Waals surface area (Å²) in [6, 6.07) is 11.7. The summed E-state index contributed by atoms with van der Waals surface area (Å²) >= 11 is 0. The fraction of sp³-hybridized carbons (Fsp3) is 0.227. The van der Waals surface area contributed by atoms with Crippen LogP contribution in [-0.2, 0) is 13.2 Å². The van der Waals surface area contributed by atoms with Crippen LogP contribution >= 0.6 is 0 Å². The monoisotopic (exact) mass is 388 g/mol. The molecule has 0 fully saturated rings. The molecule has 4 heterocycles. The van der Waals surface area contributed by atoms with Crippen LogP contribution in [0.25, 0.3) is 10.8 Å². The van der Waals surface area contributed by atoms with Crippen molar-refractivity contribution in [2.75, 3.05) is 6.54 Å². The van der Waals surface area contributed by atoms with E-state index in [0.29, 0.717) is 18.1 Å². The van der Waals surface area contributed by atoms with Crippen molar-refractivity contribution in [3.8, 4) is 5.75 Å². The van der Waals surface area contributed by atoms with Gasteiger partial charge >= 0.3 is 0 Å². The first-order valence-electron chi connectivity index (χ1n) is 9.56. The van der Waals surface area contributed by atoms with Crippen LogP contribution in [0.1, 0.15) is 35.0 Å². The molecule has 1 aliphatic rings. The summed E-state index contributed by atoms with van der Waals surface area (Å²) in [4.78, 5) is 23.3. The minimum Gasteiger partial charge on any atom is -0.483 e. The van der Waals surface area contributed by atoms with Gasteiger partial charge in [-0.2, -0.15) is 0 Å². The second kappa shape index (κ2) is 7.09. The quantitative estimate of drug-likeness (QED) is 0.531. The van der Waals surface area contributed by atoms with E-state index in [2.05, 4.69) is 14.5 Å². The second-order valence-electron chi connectivity index (χ2n) is 7.07. The third-order valence-electron chi connectivity index (χ3n) is 5.37. The van der Waals surface area contributed by atoms with Crippen LogP contribution in [0.3, 0.4) is 0 Å². The molecule has 7 heteroatoms. The van der Waals surface area contributed by atoms with Crippen molar-refractivity contribution >= 4 is 16.7 Å². The molecular formula is C22H20N4O3. The molecule has 7 nitrogen and oxygen atoms in total. The first kappa shape index (κ1) is 17.5. The number of ether oxygens (including phenoxy) is 1. The minimum absolute atomic E-state index is 0.00746. The summed E-state index contributed by atoms with van der Waals surface area (Å²) in [6.07, 6.45) is 6.98. The lowest BCUT2D eigenvalue weighted by atomic mass is 10.1. The standard InChI is InChI=1S/C22H20N4O3/c1-15-19-5-3-9-25(19)10-11-26(15)22(27)18-13-29-21(24-18)14-28-20-6-2-4-16-12-23-8-7-17(16)20/h2-9,12-13,15H,10-11,14H2,1H3/t15-/m0/s1. The Labute approximate surface area is 167 Å². The Balaban J connectivity index is 1.30. The zero-order valence-corrected chi connectivity index (χ0v) is 16.0. The Morgan fingerprint density at radius 2 is 2.17 bits per heavy atom. The maximum atomic E-state index is 13.0. The van der Waals surface area contributed by atoms with E-state index in [1.807, 2.05) is 54.4 Å². The molecule has 29 heavy (non-hydrogen) atoms. The summed E-state index contributed by atoms with van der Waals surface area (Å²) in [5.74, 6) is 0.963. The van der Waals surface area contributed by atoms with Crippen LogP contribution in [0.5, 0.6) is 5.75 Å². The molecule has 4 aromatic rings. The van der Waals surface area contributed by atoms with Gasteiger partial charge in [-0.1, -0.05) is 12.1 Å². The Kier molecular flexibility index (Phi) is 4.27. The van der Waals surface area contributed by atoms with Crippen molar-refractivity contribution in [1.29, 1.82) is 0 Å². The van der Waals surface area contributed by atoms with Gasteiger partial charge in [0.05, 0.1) is 6.04 Å². The predicted molar refractivity (Wildman–Crippen MR) is 106 cm³/mol. The fourth-order valence-electron chi connectivity index (χ4n) is 3.84. The third kappa shape index (κ3) is 3.14. The van der Waals surface area contributed by atoms with Gasteiger partial charge in [0.2, 0.25) is 5.89 Å². The average molecular weight is 388 g/mol. The molecule has 5 rings (SSSR count). The summed E-state index contributed by atoms with van der Waals surface area (Å²) in [5.41, 5.74) is 1.43. The van der Waals surface area contributed by atoms with Crippen molar-refractivity contribution in [2.45, 2.75) is 26.1 Å². The SMILES string of the molecule is C[C@H]1c2cccn2CCN1C(=O)c1coc(COc2cccc3cnccc23)n1. The van der Waals surface area contributed by atoms with Crippen molar-refractivity contribution < 1.29 is 13.9 Å². The van der Waals surface area contributed by atoms with E-state index in [9.17, 15) is 4.79 Å². The lowest BCUT2D eigenvalue weighted by molar-refractivity contribution is 0.0637. The van der Waals surface area contributed by atoms with E-state index >= 15 is 0 Å². The maximum absolute atomic E-state index is 13.0. The molecular weight excluding hydrogens is 368 g/mol. The van der Waals surface area contributed by atoms with Gasteiger partial charge in [0.1, 0.15) is 12.0 Å². The van der Waals surface area contributed by atoms with Crippen LogP contribution in [0.15, 0.2) is 65.7 Å². The van der Waals surface area contributed by atoms with E-state index < -0.39 is 0 Å². The highest BCUT2D eigenvalue weighted by Crippen LogP contribution is 2.27. The number of rotatable bonds is 4. The van der Waals surface area contributed by atoms with E-state index in [0.717, 1.165) is 28.8 Å². The number of carbonyl (C=O) groups excluding carboxylic acids is 1. The molecule has 0 aliphatic carbocycles. The Hall–Kier alpha value is -3.61. The van der Waals surface area contributed by atoms with Crippen LogP contribution in [-0.4, -0.2) is 31.9 Å². The van der Waals surface area contributed by atoms with Gasteiger partial charge in [-0.15, -0.1) is 0 Å². The zero-order valence-electron chi connectivity index (χ0n) is 16.0. The number of nitrogens with zero attached hydrogens (tertiary/aromatic N) is 4. The predicted octanol–water partition coefficient (Wildman–Crippen LogP) is 3.82. The molecule has 0 radical (unpaired) electrons. The summed E-state index contributed by atoms with van der Waals surface area (Å²) < 4.78 is 13.6. The highest BCUT2D eigenvalue weighted by Gasteiger charge is 2.29. The Morgan fingerprint density at radius 1 is 1.24 bits per heavy atom. The van der Waals surface area contributed by atoms with Crippen LogP contribution in [0.4, 0.5) is 0 Å². The number of benzene rings is 1. The van der Waals surface area contributed by atoms with Gasteiger partial charge in [0.15, 0.2) is 12.3 Å². The maximum Gasteiger partial charge on any atom is 0.276 e. The highest BCUT2D eigenvalue weighted by molar-refractivity contribution is 5.92. The van der Waals surface area contributed by atoms with Crippen molar-refractivity contribution in [1.82, 2.24) is 19.4 Å². The first-order valence-corrected chi connectivity index (χ1v) is 9.56. The van der Waals surface area contributed by atoms with E-state index in [1.54, 1.807) is 12.4 Å². The molecule has 1 atom stereocenters. The van der Waals surface area contributed by atoms with E-state index in [1.165, 1.54) is 6.26 Å². The molecule has 0 unspecified atom stereocenters. The number of hydrogen-bond acceptors (Lipinski definition) is 5. The molecule has 3 aromatic heterocycles. The highest BCUT2D eigenvalue weighted by atomic mass is 16.5. The number of aromatic nitrogens is 3. The van der Waals surface area contributed by atoms with Gasteiger partial charge in [-0.25, -0.2) is 4.98 Å².